The SMILES string of the molecule is Cc1cc(C)cc(CC(C)NC(=O)CN2CCNC(=O)C2)c1. The number of aryl methyl sites for hydroxylation is 2. The molecule has 0 saturated carbocycles. The van der Waals surface area contributed by atoms with Crippen LogP contribution in [0.3, 0.4) is 0 Å². The van der Waals surface area contributed by atoms with Crippen LogP contribution in [0, 0.1) is 13.8 Å². The van der Waals surface area contributed by atoms with E-state index in [1.54, 1.807) is 0 Å². The van der Waals surface area contributed by atoms with Gasteiger partial charge in [0.1, 0.15) is 0 Å². The third-order valence-electron chi connectivity index (χ3n) is 3.72. The summed E-state index contributed by atoms with van der Waals surface area (Å²) in [5.74, 6) is -0.0334. The number of hydrogen-bond acceptors (Lipinski definition) is 3. The molecule has 2 rings (SSSR count). The number of rotatable bonds is 5. The summed E-state index contributed by atoms with van der Waals surface area (Å²) in [5.41, 5.74) is 3.73. The van der Waals surface area contributed by atoms with Crippen LogP contribution in [0.15, 0.2) is 18.2 Å². The van der Waals surface area contributed by atoms with E-state index in [-0.39, 0.29) is 24.4 Å². The summed E-state index contributed by atoms with van der Waals surface area (Å²) in [4.78, 5) is 25.2. The average Bonchev–Trinajstić information content (AvgIpc) is 2.36. The molecule has 0 spiro atoms. The number of nitrogens with zero attached hydrogens (tertiary/aromatic N) is 1. The van der Waals surface area contributed by atoms with E-state index in [0.29, 0.717) is 13.1 Å². The number of benzene rings is 1. The highest BCUT2D eigenvalue weighted by atomic mass is 16.2. The van der Waals surface area contributed by atoms with Crippen LogP contribution in [-0.4, -0.2) is 48.9 Å². The molecule has 0 aromatic heterocycles. The van der Waals surface area contributed by atoms with Crippen LogP contribution in [0.25, 0.3) is 0 Å². The lowest BCUT2D eigenvalue weighted by molar-refractivity contribution is -0.127. The molecule has 1 atom stereocenters. The Morgan fingerprint density at radius 2 is 2.00 bits per heavy atom. The van der Waals surface area contributed by atoms with Crippen molar-refractivity contribution in [2.75, 3.05) is 26.2 Å². The molecular weight excluding hydrogens is 278 g/mol. The van der Waals surface area contributed by atoms with E-state index in [1.807, 2.05) is 11.8 Å². The first kappa shape index (κ1) is 16.5. The molecule has 2 N–H and O–H groups in total. The molecule has 2 amide bonds. The van der Waals surface area contributed by atoms with Crippen LogP contribution < -0.4 is 10.6 Å². The van der Waals surface area contributed by atoms with Gasteiger partial charge in [-0.2, -0.15) is 0 Å². The zero-order valence-corrected chi connectivity index (χ0v) is 13.6. The van der Waals surface area contributed by atoms with Gasteiger partial charge in [-0.3, -0.25) is 14.5 Å². The average molecular weight is 303 g/mol. The van der Waals surface area contributed by atoms with Crippen molar-refractivity contribution in [2.24, 2.45) is 0 Å². The van der Waals surface area contributed by atoms with E-state index in [2.05, 4.69) is 42.7 Å². The summed E-state index contributed by atoms with van der Waals surface area (Å²) in [5, 5.41) is 5.77. The summed E-state index contributed by atoms with van der Waals surface area (Å²) in [6, 6.07) is 6.54. The third kappa shape index (κ3) is 5.15. The van der Waals surface area contributed by atoms with Crippen LogP contribution >= 0.6 is 0 Å². The van der Waals surface area contributed by atoms with Crippen LogP contribution in [0.5, 0.6) is 0 Å². The minimum Gasteiger partial charge on any atom is -0.354 e. The highest BCUT2D eigenvalue weighted by Gasteiger charge is 2.19. The zero-order valence-electron chi connectivity index (χ0n) is 13.6. The highest BCUT2D eigenvalue weighted by Crippen LogP contribution is 2.11. The van der Waals surface area contributed by atoms with Crippen LogP contribution in [0.1, 0.15) is 23.6 Å². The van der Waals surface area contributed by atoms with E-state index in [9.17, 15) is 9.59 Å². The normalized spacial score (nSPS) is 17.0. The maximum atomic E-state index is 12.1. The number of carbonyl (C=O) groups excluding carboxylic acids is 2. The highest BCUT2D eigenvalue weighted by molar-refractivity contribution is 5.81. The topological polar surface area (TPSA) is 61.4 Å². The fourth-order valence-corrected chi connectivity index (χ4v) is 2.94. The van der Waals surface area contributed by atoms with Crippen molar-refractivity contribution < 1.29 is 9.59 Å². The molecule has 0 bridgehead atoms. The Kier molecular flexibility index (Phi) is 5.55. The molecule has 1 fully saturated rings. The maximum absolute atomic E-state index is 12.1. The van der Waals surface area contributed by atoms with E-state index < -0.39 is 0 Å². The largest absolute Gasteiger partial charge is 0.354 e. The summed E-state index contributed by atoms with van der Waals surface area (Å²) in [6.07, 6.45) is 0.814. The minimum atomic E-state index is -0.0217. The monoisotopic (exact) mass is 303 g/mol. The molecule has 120 valence electrons. The first-order chi connectivity index (χ1) is 10.4. The van der Waals surface area contributed by atoms with Crippen molar-refractivity contribution in [3.05, 3.63) is 34.9 Å². The molecule has 5 nitrogen and oxygen atoms in total. The van der Waals surface area contributed by atoms with Crippen molar-refractivity contribution in [1.29, 1.82) is 0 Å². The second-order valence-electron chi connectivity index (χ2n) is 6.23. The van der Waals surface area contributed by atoms with E-state index >= 15 is 0 Å². The zero-order chi connectivity index (χ0) is 16.1. The Morgan fingerprint density at radius 1 is 1.32 bits per heavy atom. The molecule has 0 aliphatic carbocycles. The van der Waals surface area contributed by atoms with E-state index in [4.69, 9.17) is 0 Å². The number of amides is 2. The smallest absolute Gasteiger partial charge is 0.234 e. The Balaban J connectivity index is 1.81. The molecule has 22 heavy (non-hydrogen) atoms. The van der Waals surface area contributed by atoms with Gasteiger partial charge in [0.25, 0.3) is 0 Å². The van der Waals surface area contributed by atoms with Gasteiger partial charge >= 0.3 is 0 Å². The van der Waals surface area contributed by atoms with Gasteiger partial charge in [-0.1, -0.05) is 29.3 Å². The molecule has 1 aromatic carbocycles. The molecule has 1 unspecified atom stereocenters. The van der Waals surface area contributed by atoms with Crippen LogP contribution in [0.2, 0.25) is 0 Å². The van der Waals surface area contributed by atoms with E-state index in [0.717, 1.165) is 13.0 Å². The van der Waals surface area contributed by atoms with Crippen LogP contribution in [0.4, 0.5) is 0 Å². The van der Waals surface area contributed by atoms with Gasteiger partial charge in [0.15, 0.2) is 0 Å². The second kappa shape index (κ2) is 7.40. The van der Waals surface area contributed by atoms with Gasteiger partial charge in [0, 0.05) is 19.1 Å². The van der Waals surface area contributed by atoms with Gasteiger partial charge in [0.05, 0.1) is 13.1 Å². The first-order valence-corrected chi connectivity index (χ1v) is 7.78. The molecule has 1 aliphatic rings. The Morgan fingerprint density at radius 3 is 2.64 bits per heavy atom. The van der Waals surface area contributed by atoms with Gasteiger partial charge in [-0.05, 0) is 32.8 Å². The lowest BCUT2D eigenvalue weighted by Gasteiger charge is -2.26. The summed E-state index contributed by atoms with van der Waals surface area (Å²) in [7, 11) is 0. The molecule has 1 saturated heterocycles. The number of piperazine rings is 1. The van der Waals surface area contributed by atoms with Crippen LogP contribution in [-0.2, 0) is 16.0 Å². The Labute approximate surface area is 132 Å². The predicted octanol–water partition coefficient (Wildman–Crippen LogP) is 0.782. The fourth-order valence-electron chi connectivity index (χ4n) is 2.94. The maximum Gasteiger partial charge on any atom is 0.234 e. The molecule has 1 aliphatic heterocycles. The number of carbonyl (C=O) groups is 2. The number of nitrogens with one attached hydrogen (secondary N) is 2. The van der Waals surface area contributed by atoms with Crippen molar-refractivity contribution in [2.45, 2.75) is 33.2 Å². The molecule has 0 radical (unpaired) electrons. The first-order valence-electron chi connectivity index (χ1n) is 7.78. The van der Waals surface area contributed by atoms with Gasteiger partial charge in [-0.25, -0.2) is 0 Å². The fraction of sp³-hybridized carbons (Fsp3) is 0.529. The van der Waals surface area contributed by atoms with Crippen molar-refractivity contribution >= 4 is 11.8 Å². The molecule has 5 heteroatoms. The predicted molar refractivity (Wildman–Crippen MR) is 86.7 cm³/mol. The third-order valence-corrected chi connectivity index (χ3v) is 3.72. The lowest BCUT2D eigenvalue weighted by Crippen LogP contribution is -2.51. The van der Waals surface area contributed by atoms with Crippen molar-refractivity contribution in [1.82, 2.24) is 15.5 Å². The Bertz CT molecular complexity index is 537. The van der Waals surface area contributed by atoms with E-state index in [1.165, 1.54) is 16.7 Å². The quantitative estimate of drug-likeness (QED) is 0.845. The second-order valence-corrected chi connectivity index (χ2v) is 6.23. The minimum absolute atomic E-state index is 0.0117. The summed E-state index contributed by atoms with van der Waals surface area (Å²) < 4.78 is 0. The lowest BCUT2D eigenvalue weighted by atomic mass is 10.0. The van der Waals surface area contributed by atoms with Gasteiger partial charge < -0.3 is 10.6 Å². The summed E-state index contributed by atoms with van der Waals surface area (Å²) >= 11 is 0. The standard InChI is InChI=1S/C17H25N3O2/c1-12-6-13(2)8-15(7-12)9-14(3)19-17(22)11-20-5-4-18-16(21)10-20/h6-8,14H,4-5,9-11H2,1-3H3,(H,18,21)(H,19,22). The molecule has 1 aromatic rings. The summed E-state index contributed by atoms with van der Waals surface area (Å²) in [6.45, 7) is 8.11. The van der Waals surface area contributed by atoms with Crippen molar-refractivity contribution in [3.8, 4) is 0 Å². The van der Waals surface area contributed by atoms with Gasteiger partial charge in [0.2, 0.25) is 11.8 Å². The van der Waals surface area contributed by atoms with Gasteiger partial charge in [-0.15, -0.1) is 0 Å². The molecular formula is C17H25N3O2. The molecule has 1 heterocycles. The Hall–Kier alpha value is -1.88. The van der Waals surface area contributed by atoms with Crippen molar-refractivity contribution in [3.63, 3.8) is 0 Å². The number of hydrogen-bond donors (Lipinski definition) is 2.